The number of para-hydroxylation sites is 1. The molecule has 0 aliphatic heterocycles. The molecule has 0 saturated carbocycles. The van der Waals surface area contributed by atoms with E-state index < -0.39 is 29.2 Å². The molecule has 0 aliphatic carbocycles. The second kappa shape index (κ2) is 10.4. The van der Waals surface area contributed by atoms with E-state index in [0.717, 1.165) is 40.3 Å². The van der Waals surface area contributed by atoms with Crippen molar-refractivity contribution in [2.75, 3.05) is 18.5 Å². The summed E-state index contributed by atoms with van der Waals surface area (Å²) >= 11 is 0.996. The van der Waals surface area contributed by atoms with Gasteiger partial charge < -0.3 is 14.8 Å². The van der Waals surface area contributed by atoms with Crippen molar-refractivity contribution in [1.82, 2.24) is 9.78 Å². The Morgan fingerprint density at radius 3 is 2.41 bits per heavy atom. The predicted molar refractivity (Wildman–Crippen MR) is 132 cm³/mol. The van der Waals surface area contributed by atoms with Crippen molar-refractivity contribution < 1.29 is 32.2 Å². The van der Waals surface area contributed by atoms with Crippen molar-refractivity contribution in [3.05, 3.63) is 81.1 Å². The van der Waals surface area contributed by atoms with Gasteiger partial charge in [0.25, 0.3) is 11.5 Å². The van der Waals surface area contributed by atoms with Crippen molar-refractivity contribution >= 4 is 39.0 Å². The number of rotatable bonds is 7. The maximum absolute atomic E-state index is 13.5. The van der Waals surface area contributed by atoms with Crippen LogP contribution in [0, 0.1) is 0 Å². The largest absolute Gasteiger partial charge is 0.493 e. The molecule has 4 rings (SSSR count). The Balaban J connectivity index is 1.85. The van der Waals surface area contributed by atoms with Crippen LogP contribution in [-0.2, 0) is 10.9 Å². The minimum atomic E-state index is -4.57. The van der Waals surface area contributed by atoms with Gasteiger partial charge in [0.2, 0.25) is 0 Å². The molecule has 0 spiro atoms. The molecule has 0 saturated heterocycles. The second-order valence-corrected chi connectivity index (χ2v) is 8.45. The van der Waals surface area contributed by atoms with Gasteiger partial charge in [-0.2, -0.15) is 23.0 Å². The van der Waals surface area contributed by atoms with Gasteiger partial charge >= 0.3 is 12.1 Å². The Morgan fingerprint density at radius 2 is 1.76 bits per heavy atom. The minimum absolute atomic E-state index is 0.00406. The Hall–Kier alpha value is -4.19. The van der Waals surface area contributed by atoms with Crippen LogP contribution in [0.4, 0.5) is 18.2 Å². The van der Waals surface area contributed by atoms with Crippen LogP contribution in [0.15, 0.2) is 58.7 Å². The molecule has 2 aromatic heterocycles. The first-order valence-corrected chi connectivity index (χ1v) is 12.0. The van der Waals surface area contributed by atoms with E-state index in [-0.39, 0.29) is 39.3 Å². The number of aromatic nitrogens is 2. The third-order valence-electron chi connectivity index (χ3n) is 5.22. The number of nitrogens with one attached hydrogen (secondary N) is 1. The molecule has 2 heterocycles. The van der Waals surface area contributed by atoms with Crippen molar-refractivity contribution in [3.63, 3.8) is 0 Å². The molecule has 4 aromatic rings. The van der Waals surface area contributed by atoms with Gasteiger partial charge in [0.1, 0.15) is 10.8 Å². The van der Waals surface area contributed by atoms with Crippen LogP contribution in [0.25, 0.3) is 16.5 Å². The maximum atomic E-state index is 13.5. The number of esters is 1. The van der Waals surface area contributed by atoms with Gasteiger partial charge in [-0.1, -0.05) is 12.1 Å². The third-order valence-corrected chi connectivity index (χ3v) is 6.11. The Morgan fingerprint density at radius 1 is 1.05 bits per heavy atom. The summed E-state index contributed by atoms with van der Waals surface area (Å²) in [5, 5.41) is 8.50. The van der Waals surface area contributed by atoms with Gasteiger partial charge in [-0.05, 0) is 50.2 Å². The highest BCUT2D eigenvalue weighted by molar-refractivity contribution is 7.16. The predicted octanol–water partition coefficient (Wildman–Crippen LogP) is 5.29. The van der Waals surface area contributed by atoms with Gasteiger partial charge in [0.05, 0.1) is 35.4 Å². The SMILES string of the molecule is CCOC(=O)c1nn(-c2ccc(C(F)(F)F)cc2)c(=O)c2c(NC(=O)c3ccccc3OCC)scc12. The first kappa shape index (κ1) is 25.9. The van der Waals surface area contributed by atoms with Crippen LogP contribution < -0.4 is 15.6 Å². The number of ether oxygens (including phenoxy) is 2. The number of amides is 1. The van der Waals surface area contributed by atoms with Crippen molar-refractivity contribution in [3.8, 4) is 11.4 Å². The number of alkyl halides is 3. The maximum Gasteiger partial charge on any atom is 0.416 e. The van der Waals surface area contributed by atoms with Gasteiger partial charge in [0, 0.05) is 10.8 Å². The van der Waals surface area contributed by atoms with Crippen LogP contribution >= 0.6 is 11.3 Å². The lowest BCUT2D eigenvalue weighted by Crippen LogP contribution is -2.25. The van der Waals surface area contributed by atoms with Crippen molar-refractivity contribution in [2.24, 2.45) is 0 Å². The Labute approximate surface area is 212 Å². The first-order chi connectivity index (χ1) is 17.7. The average molecular weight is 532 g/mol. The van der Waals surface area contributed by atoms with Crippen LogP contribution in [-0.4, -0.2) is 34.9 Å². The highest BCUT2D eigenvalue weighted by Crippen LogP contribution is 2.33. The summed E-state index contributed by atoms with van der Waals surface area (Å²) < 4.78 is 50.4. The molecule has 0 atom stereocenters. The van der Waals surface area contributed by atoms with Crippen molar-refractivity contribution in [1.29, 1.82) is 0 Å². The summed E-state index contributed by atoms with van der Waals surface area (Å²) in [6.07, 6.45) is -4.57. The normalized spacial score (nSPS) is 11.4. The number of halogens is 3. The summed E-state index contributed by atoms with van der Waals surface area (Å²) in [6.45, 7) is 3.73. The number of thiophene rings is 1. The molecular formula is C25H20F3N3O5S. The molecule has 0 radical (unpaired) electrons. The topological polar surface area (TPSA) is 99.5 Å². The van der Waals surface area contributed by atoms with E-state index in [9.17, 15) is 27.6 Å². The molecule has 0 unspecified atom stereocenters. The van der Waals surface area contributed by atoms with E-state index in [0.29, 0.717) is 12.4 Å². The number of carbonyl (C=O) groups excluding carboxylic acids is 2. The molecule has 1 amide bonds. The van der Waals surface area contributed by atoms with Gasteiger partial charge in [-0.25, -0.2) is 4.79 Å². The lowest BCUT2D eigenvalue weighted by atomic mass is 10.1. The van der Waals surface area contributed by atoms with Gasteiger partial charge in [-0.3, -0.25) is 9.59 Å². The number of fused-ring (bicyclic) bond motifs is 1. The molecule has 1 N–H and O–H groups in total. The Bertz CT molecular complexity index is 1530. The molecular weight excluding hydrogens is 511 g/mol. The highest BCUT2D eigenvalue weighted by atomic mass is 32.1. The molecule has 192 valence electrons. The van der Waals surface area contributed by atoms with E-state index in [2.05, 4.69) is 10.4 Å². The molecule has 8 nitrogen and oxygen atoms in total. The summed E-state index contributed by atoms with van der Waals surface area (Å²) in [5.74, 6) is -1.03. The number of hydrogen-bond acceptors (Lipinski definition) is 7. The van der Waals surface area contributed by atoms with Crippen LogP contribution in [0.3, 0.4) is 0 Å². The smallest absolute Gasteiger partial charge is 0.416 e. The lowest BCUT2D eigenvalue weighted by Gasteiger charge is -2.12. The van der Waals surface area contributed by atoms with Crippen LogP contribution in [0.5, 0.6) is 5.75 Å². The van der Waals surface area contributed by atoms with Crippen LogP contribution in [0.1, 0.15) is 40.3 Å². The fourth-order valence-corrected chi connectivity index (χ4v) is 4.50. The summed E-state index contributed by atoms with van der Waals surface area (Å²) in [7, 11) is 0. The number of anilines is 1. The van der Waals surface area contributed by atoms with E-state index >= 15 is 0 Å². The fourth-order valence-electron chi connectivity index (χ4n) is 3.56. The Kier molecular flexibility index (Phi) is 7.30. The number of hydrogen-bond donors (Lipinski definition) is 1. The zero-order chi connectivity index (χ0) is 26.7. The molecule has 12 heteroatoms. The minimum Gasteiger partial charge on any atom is -0.493 e. The van der Waals surface area contributed by atoms with Crippen LogP contribution in [0.2, 0.25) is 0 Å². The van der Waals surface area contributed by atoms with E-state index in [1.807, 2.05) is 0 Å². The molecule has 0 fully saturated rings. The molecule has 2 aromatic carbocycles. The van der Waals surface area contributed by atoms with Gasteiger partial charge in [-0.15, -0.1) is 11.3 Å². The van der Waals surface area contributed by atoms with E-state index in [1.165, 1.54) is 5.38 Å². The van der Waals surface area contributed by atoms with Gasteiger partial charge in [0.15, 0.2) is 5.69 Å². The number of carbonyl (C=O) groups is 2. The number of nitrogens with zero attached hydrogens (tertiary/aromatic N) is 2. The van der Waals surface area contributed by atoms with Crippen molar-refractivity contribution in [2.45, 2.75) is 20.0 Å². The molecule has 0 bridgehead atoms. The third kappa shape index (κ3) is 5.19. The zero-order valence-electron chi connectivity index (χ0n) is 19.6. The lowest BCUT2D eigenvalue weighted by molar-refractivity contribution is -0.137. The molecule has 0 aliphatic rings. The second-order valence-electron chi connectivity index (χ2n) is 7.57. The summed E-state index contributed by atoms with van der Waals surface area (Å²) in [4.78, 5) is 39.2. The zero-order valence-corrected chi connectivity index (χ0v) is 20.4. The summed E-state index contributed by atoms with van der Waals surface area (Å²) in [6, 6.07) is 10.3. The average Bonchev–Trinajstić information content (AvgIpc) is 3.28. The summed E-state index contributed by atoms with van der Waals surface area (Å²) in [5.41, 5.74) is -1.64. The highest BCUT2D eigenvalue weighted by Gasteiger charge is 2.30. The number of benzene rings is 2. The fraction of sp³-hybridized carbons (Fsp3) is 0.200. The quantitative estimate of drug-likeness (QED) is 0.325. The van der Waals surface area contributed by atoms with E-state index in [1.54, 1.807) is 38.1 Å². The van der Waals surface area contributed by atoms with E-state index in [4.69, 9.17) is 9.47 Å². The first-order valence-electron chi connectivity index (χ1n) is 11.1. The molecule has 37 heavy (non-hydrogen) atoms. The monoisotopic (exact) mass is 531 g/mol. The standard InChI is InChI=1S/C25H20F3N3O5S/c1-3-35-18-8-6-5-7-16(18)21(32)29-22-19-17(13-37-22)20(24(34)36-4-2)30-31(23(19)33)15-11-9-14(10-12-15)25(26,27)28/h5-13H,3-4H2,1-2H3,(H,29,32).